The molecule has 1 aromatic rings. The Morgan fingerprint density at radius 1 is 1.00 bits per heavy atom. The molecule has 0 amide bonds. The zero-order valence-corrected chi connectivity index (χ0v) is 13.6. The Morgan fingerprint density at radius 3 is 2.05 bits per heavy atom. The first-order valence-electron chi connectivity index (χ1n) is 7.01. The van der Waals surface area contributed by atoms with E-state index in [1.807, 2.05) is 51.1 Å². The number of hydrogen-bond acceptors (Lipinski definition) is 4. The first-order valence-corrected chi connectivity index (χ1v) is 8.64. The third-order valence-electron chi connectivity index (χ3n) is 2.54. The molecule has 0 saturated heterocycles. The molecule has 0 unspecified atom stereocenters. The second kappa shape index (κ2) is 8.92. The summed E-state index contributed by atoms with van der Waals surface area (Å²) < 4.78 is 23.1. The van der Waals surface area contributed by atoms with Gasteiger partial charge >= 0.3 is 9.05 Å². The van der Waals surface area contributed by atoms with Crippen LogP contribution < -0.4 is 4.43 Å². The van der Waals surface area contributed by atoms with Crippen LogP contribution in [-0.2, 0) is 19.7 Å². The van der Waals surface area contributed by atoms with Gasteiger partial charge < -0.3 is 17.7 Å². The Kier molecular flexibility index (Phi) is 7.54. The van der Waals surface area contributed by atoms with Gasteiger partial charge in [-0.1, -0.05) is 24.3 Å². The van der Waals surface area contributed by atoms with Gasteiger partial charge in [-0.3, -0.25) is 0 Å². The Morgan fingerprint density at radius 2 is 1.55 bits per heavy atom. The number of hydrogen-bond donors (Lipinski definition) is 0. The lowest BCUT2D eigenvalue weighted by molar-refractivity contribution is 0.00946. The highest BCUT2D eigenvalue weighted by Gasteiger charge is 2.48. The van der Waals surface area contributed by atoms with Crippen LogP contribution in [0.5, 0.6) is 5.75 Å². The maximum Gasteiger partial charge on any atom is 0.749 e. The minimum Gasteiger partial charge on any atom is -0.480 e. The average molecular weight is 296 g/mol. The second-order valence-corrected chi connectivity index (χ2v) is 6.07. The quantitative estimate of drug-likeness (QED) is 0.490. The zero-order valence-electron chi connectivity index (χ0n) is 12.6. The topological polar surface area (TPSA) is 36.9 Å². The maximum absolute atomic E-state index is 6.03. The maximum atomic E-state index is 6.03. The third kappa shape index (κ3) is 4.75. The molecule has 0 radical (unpaired) electrons. The summed E-state index contributed by atoms with van der Waals surface area (Å²) in [6.45, 7) is 10.9. The highest BCUT2D eigenvalue weighted by Crippen LogP contribution is 2.24. The van der Waals surface area contributed by atoms with Crippen LogP contribution in [0, 0.1) is 0 Å². The van der Waals surface area contributed by atoms with Crippen molar-refractivity contribution < 1.29 is 17.7 Å². The number of allylic oxidation sites excluding steroid dienone is 1. The first kappa shape index (κ1) is 16.9. The monoisotopic (exact) mass is 296 g/mol. The van der Waals surface area contributed by atoms with Gasteiger partial charge in [-0.2, -0.15) is 0 Å². The van der Waals surface area contributed by atoms with Crippen LogP contribution in [0.4, 0.5) is 0 Å². The van der Waals surface area contributed by atoms with Gasteiger partial charge in [0.2, 0.25) is 0 Å². The fourth-order valence-corrected chi connectivity index (χ4v) is 3.76. The predicted molar refractivity (Wildman–Crippen MR) is 81.6 cm³/mol. The van der Waals surface area contributed by atoms with E-state index in [9.17, 15) is 0 Å². The molecule has 0 aliphatic rings. The van der Waals surface area contributed by atoms with E-state index in [4.69, 9.17) is 17.7 Å². The van der Waals surface area contributed by atoms with E-state index in [0.29, 0.717) is 19.8 Å². The molecule has 1 aromatic carbocycles. The predicted octanol–water partition coefficient (Wildman–Crippen LogP) is 3.34. The normalized spacial score (nSPS) is 11.3. The lowest BCUT2D eigenvalue weighted by Crippen LogP contribution is -2.52. The standard InChI is InChI=1S/C15H24O4Si/c1-5-11-14-12-9-10-13-15(14)19-20(16-6-2,17-7-3)18-8-4/h5,9-10,12-13H,1,6-8,11H2,2-4H3. The molecule has 0 aliphatic carbocycles. The lowest BCUT2D eigenvalue weighted by Gasteiger charge is -2.27. The smallest absolute Gasteiger partial charge is 0.480 e. The Bertz CT molecular complexity index is 392. The van der Waals surface area contributed by atoms with Crippen molar-refractivity contribution in [2.75, 3.05) is 19.8 Å². The van der Waals surface area contributed by atoms with Crippen LogP contribution in [0.15, 0.2) is 36.9 Å². The van der Waals surface area contributed by atoms with Gasteiger partial charge in [0.15, 0.2) is 0 Å². The largest absolute Gasteiger partial charge is 0.749 e. The molecule has 20 heavy (non-hydrogen) atoms. The minimum atomic E-state index is -3.13. The number of benzene rings is 1. The molecular weight excluding hydrogens is 272 g/mol. The van der Waals surface area contributed by atoms with E-state index in [1.54, 1.807) is 0 Å². The summed E-state index contributed by atoms with van der Waals surface area (Å²) in [6, 6.07) is 7.79. The first-order chi connectivity index (χ1) is 9.71. The summed E-state index contributed by atoms with van der Waals surface area (Å²) in [7, 11) is -3.13. The summed E-state index contributed by atoms with van der Waals surface area (Å²) in [5.74, 6) is 0.731. The minimum absolute atomic E-state index is 0.482. The number of rotatable bonds is 10. The number of para-hydroxylation sites is 1. The van der Waals surface area contributed by atoms with Crippen LogP contribution in [0.3, 0.4) is 0 Å². The summed E-state index contributed by atoms with van der Waals surface area (Å²) in [6.07, 6.45) is 2.57. The molecule has 0 saturated carbocycles. The van der Waals surface area contributed by atoms with E-state index in [1.165, 1.54) is 0 Å². The SMILES string of the molecule is C=CCc1ccccc1O[Si](OCC)(OCC)OCC. The van der Waals surface area contributed by atoms with Crippen molar-refractivity contribution >= 4 is 9.05 Å². The molecule has 1 rings (SSSR count). The Labute approximate surface area is 122 Å². The Hall–Kier alpha value is -1.14. The van der Waals surface area contributed by atoms with Crippen molar-refractivity contribution in [3.8, 4) is 5.75 Å². The molecule has 4 nitrogen and oxygen atoms in total. The third-order valence-corrected chi connectivity index (χ3v) is 4.93. The van der Waals surface area contributed by atoms with Crippen molar-refractivity contribution in [3.63, 3.8) is 0 Å². The summed E-state index contributed by atoms with van der Waals surface area (Å²) in [5.41, 5.74) is 1.04. The van der Waals surface area contributed by atoms with Crippen molar-refractivity contribution in [3.05, 3.63) is 42.5 Å². The van der Waals surface area contributed by atoms with E-state index in [-0.39, 0.29) is 0 Å². The highest BCUT2D eigenvalue weighted by molar-refractivity contribution is 6.54. The van der Waals surface area contributed by atoms with Crippen LogP contribution >= 0.6 is 0 Å². The summed E-state index contributed by atoms with van der Waals surface area (Å²) in [5, 5.41) is 0. The van der Waals surface area contributed by atoms with Crippen LogP contribution in [0.2, 0.25) is 0 Å². The van der Waals surface area contributed by atoms with Crippen molar-refractivity contribution in [1.29, 1.82) is 0 Å². The lowest BCUT2D eigenvalue weighted by atomic mass is 10.1. The van der Waals surface area contributed by atoms with E-state index >= 15 is 0 Å². The van der Waals surface area contributed by atoms with Crippen LogP contribution in [0.1, 0.15) is 26.3 Å². The van der Waals surface area contributed by atoms with Crippen molar-refractivity contribution in [1.82, 2.24) is 0 Å². The molecule has 0 spiro atoms. The molecular formula is C15H24O4Si. The van der Waals surface area contributed by atoms with Gasteiger partial charge in [0.25, 0.3) is 0 Å². The second-order valence-electron chi connectivity index (χ2n) is 4.00. The van der Waals surface area contributed by atoms with Gasteiger partial charge in [0, 0.05) is 19.8 Å². The van der Waals surface area contributed by atoms with Crippen LogP contribution in [-0.4, -0.2) is 28.9 Å². The van der Waals surface area contributed by atoms with Gasteiger partial charge in [0.05, 0.1) is 0 Å². The van der Waals surface area contributed by atoms with E-state index < -0.39 is 9.05 Å². The zero-order chi connectivity index (χ0) is 14.8. The molecule has 0 aliphatic heterocycles. The molecule has 112 valence electrons. The van der Waals surface area contributed by atoms with E-state index in [0.717, 1.165) is 17.7 Å². The fourth-order valence-electron chi connectivity index (χ4n) is 1.81. The molecule has 5 heteroatoms. The van der Waals surface area contributed by atoms with E-state index in [2.05, 4.69) is 6.58 Å². The van der Waals surface area contributed by atoms with Crippen molar-refractivity contribution in [2.24, 2.45) is 0 Å². The van der Waals surface area contributed by atoms with Crippen LogP contribution in [0.25, 0.3) is 0 Å². The van der Waals surface area contributed by atoms with Gasteiger partial charge in [0.1, 0.15) is 5.75 Å². The fraction of sp³-hybridized carbons (Fsp3) is 0.467. The summed E-state index contributed by atoms with van der Waals surface area (Å²) in [4.78, 5) is 0. The Balaban J connectivity index is 3.00. The van der Waals surface area contributed by atoms with Gasteiger partial charge in [-0.05, 0) is 38.8 Å². The molecule has 0 heterocycles. The van der Waals surface area contributed by atoms with Crippen molar-refractivity contribution in [2.45, 2.75) is 27.2 Å². The van der Waals surface area contributed by atoms with Gasteiger partial charge in [-0.25, -0.2) is 0 Å². The molecule has 0 N–H and O–H groups in total. The average Bonchev–Trinajstić information content (AvgIpc) is 2.42. The molecule has 0 bridgehead atoms. The molecule has 0 aromatic heterocycles. The highest BCUT2D eigenvalue weighted by atomic mass is 28.4. The molecule has 0 atom stereocenters. The summed E-state index contributed by atoms with van der Waals surface area (Å²) >= 11 is 0. The van der Waals surface area contributed by atoms with Gasteiger partial charge in [-0.15, -0.1) is 6.58 Å². The molecule has 0 fully saturated rings.